The molecule has 0 amide bonds. The number of thiocarbonyl (C=S) groups is 1. The third kappa shape index (κ3) is 5.31. The summed E-state index contributed by atoms with van der Waals surface area (Å²) in [6.07, 6.45) is 0. The van der Waals surface area contributed by atoms with E-state index in [-0.39, 0.29) is 79.8 Å². The first kappa shape index (κ1) is 22.2. The van der Waals surface area contributed by atoms with Gasteiger partial charge in [0.15, 0.2) is 0 Å². The predicted octanol–water partition coefficient (Wildman–Crippen LogP) is 3.23. The van der Waals surface area contributed by atoms with E-state index in [0.29, 0.717) is 10.0 Å². The molecule has 0 aliphatic carbocycles. The van der Waals surface area contributed by atoms with Crippen LogP contribution in [-0.4, -0.2) is 10.1 Å². The SMILES string of the molecule is CC(O)=C(C(=S)Nc1c(F)cccc1Cl)c1ccc(F)cc1Br.[H-].[K+]. The number of rotatable bonds is 3. The van der Waals surface area contributed by atoms with E-state index in [4.69, 9.17) is 23.8 Å². The average Bonchev–Trinajstić information content (AvgIpc) is 2.45. The van der Waals surface area contributed by atoms with Crippen LogP contribution in [0, 0.1) is 11.6 Å². The van der Waals surface area contributed by atoms with Gasteiger partial charge in [-0.3, -0.25) is 0 Å². The standard InChI is InChI=1S/C16H11BrClF2NOS.K.H/c1-8(22)14(10-6-5-9(19)7-11(10)17)16(23)21-15-12(18)3-2-4-13(15)20;;/h2-7,22H,1H3,(H,21,23);;/q;+1;-1. The van der Waals surface area contributed by atoms with Crippen molar-refractivity contribution in [3.63, 3.8) is 0 Å². The summed E-state index contributed by atoms with van der Waals surface area (Å²) in [5.41, 5.74) is 0.721. The Bertz CT molecular complexity index is 798. The molecule has 0 aliphatic heterocycles. The Balaban J connectivity index is 0.00000288. The number of halogens is 4. The molecule has 2 N–H and O–H groups in total. The van der Waals surface area contributed by atoms with Gasteiger partial charge in [0.2, 0.25) is 0 Å². The van der Waals surface area contributed by atoms with Crippen LogP contribution in [0.2, 0.25) is 5.02 Å². The summed E-state index contributed by atoms with van der Waals surface area (Å²) in [7, 11) is 0. The van der Waals surface area contributed by atoms with E-state index in [1.54, 1.807) is 0 Å². The Morgan fingerprint density at radius 1 is 1.29 bits per heavy atom. The zero-order chi connectivity index (χ0) is 17.1. The fraction of sp³-hybridized carbons (Fsp3) is 0.0625. The fourth-order valence-corrected chi connectivity index (χ4v) is 3.09. The van der Waals surface area contributed by atoms with Crippen molar-refractivity contribution >= 4 is 56.0 Å². The van der Waals surface area contributed by atoms with E-state index in [9.17, 15) is 13.9 Å². The van der Waals surface area contributed by atoms with Gasteiger partial charge in [-0.1, -0.05) is 51.9 Å². The van der Waals surface area contributed by atoms with Crippen LogP contribution in [-0.2, 0) is 0 Å². The van der Waals surface area contributed by atoms with Crippen LogP contribution >= 0.6 is 39.7 Å². The molecule has 0 aliphatic rings. The number of allylic oxidation sites excluding steroid dienone is 1. The molecule has 2 aromatic carbocycles. The number of para-hydroxylation sites is 1. The molecule has 0 unspecified atom stereocenters. The van der Waals surface area contributed by atoms with Crippen molar-refractivity contribution in [3.8, 4) is 0 Å². The summed E-state index contributed by atoms with van der Waals surface area (Å²) in [6, 6.07) is 8.17. The molecule has 0 heterocycles. The minimum atomic E-state index is -0.576. The maximum Gasteiger partial charge on any atom is 1.00 e. The van der Waals surface area contributed by atoms with E-state index < -0.39 is 11.6 Å². The van der Waals surface area contributed by atoms with Crippen LogP contribution < -0.4 is 56.7 Å². The van der Waals surface area contributed by atoms with Gasteiger partial charge in [0.05, 0.1) is 22.0 Å². The molecule has 0 fully saturated rings. The van der Waals surface area contributed by atoms with E-state index in [1.165, 1.54) is 43.3 Å². The molecule has 0 saturated heterocycles. The molecular weight excluding hydrogens is 447 g/mol. The summed E-state index contributed by atoms with van der Waals surface area (Å²) >= 11 is 14.4. The first-order valence-electron chi connectivity index (χ1n) is 6.42. The van der Waals surface area contributed by atoms with Gasteiger partial charge < -0.3 is 11.8 Å². The minimum Gasteiger partial charge on any atom is -1.00 e. The Morgan fingerprint density at radius 3 is 2.50 bits per heavy atom. The second-order valence-corrected chi connectivity index (χ2v) is 6.31. The van der Waals surface area contributed by atoms with Crippen LogP contribution in [0.25, 0.3) is 5.57 Å². The van der Waals surface area contributed by atoms with Gasteiger partial charge in [-0.15, -0.1) is 0 Å². The van der Waals surface area contributed by atoms with Crippen molar-refractivity contribution in [3.05, 3.63) is 68.9 Å². The fourth-order valence-electron chi connectivity index (χ4n) is 1.97. The molecule has 2 aromatic rings. The third-order valence-electron chi connectivity index (χ3n) is 2.99. The Morgan fingerprint density at radius 2 is 1.96 bits per heavy atom. The summed E-state index contributed by atoms with van der Waals surface area (Å²) < 4.78 is 27.5. The van der Waals surface area contributed by atoms with Crippen molar-refractivity contribution in [1.82, 2.24) is 0 Å². The van der Waals surface area contributed by atoms with Crippen molar-refractivity contribution in [1.29, 1.82) is 0 Å². The van der Waals surface area contributed by atoms with E-state index >= 15 is 0 Å². The first-order chi connectivity index (χ1) is 10.8. The number of aliphatic hydroxyl groups excluding tert-OH is 1. The number of hydrogen-bond acceptors (Lipinski definition) is 2. The van der Waals surface area contributed by atoms with Gasteiger partial charge in [0.25, 0.3) is 0 Å². The molecule has 0 radical (unpaired) electrons. The summed E-state index contributed by atoms with van der Waals surface area (Å²) in [6.45, 7) is 1.43. The molecule has 0 bridgehead atoms. The maximum absolute atomic E-state index is 13.9. The van der Waals surface area contributed by atoms with Crippen LogP contribution in [0.1, 0.15) is 13.9 Å². The number of anilines is 1. The molecule has 2 rings (SSSR count). The molecule has 0 atom stereocenters. The van der Waals surface area contributed by atoms with E-state index in [1.807, 2.05) is 0 Å². The maximum atomic E-state index is 13.9. The Kier molecular flexibility index (Phi) is 8.99. The Hall–Kier alpha value is 0.136. The smallest absolute Gasteiger partial charge is 1.00 e. The van der Waals surface area contributed by atoms with Gasteiger partial charge in [0.1, 0.15) is 16.6 Å². The topological polar surface area (TPSA) is 32.3 Å². The second kappa shape index (κ2) is 9.73. The van der Waals surface area contributed by atoms with E-state index in [0.717, 1.165) is 0 Å². The molecule has 0 saturated carbocycles. The van der Waals surface area contributed by atoms with Gasteiger partial charge in [-0.2, -0.15) is 0 Å². The van der Waals surface area contributed by atoms with Crippen molar-refractivity contribution in [2.24, 2.45) is 0 Å². The zero-order valence-corrected chi connectivity index (χ0v) is 19.1. The van der Waals surface area contributed by atoms with Gasteiger partial charge in [0, 0.05) is 10.0 Å². The normalized spacial score (nSPS) is 11.4. The average molecular weight is 459 g/mol. The van der Waals surface area contributed by atoms with Crippen LogP contribution in [0.4, 0.5) is 14.5 Å². The minimum absolute atomic E-state index is 0. The molecular formula is C16H12BrClF2KNOS. The van der Waals surface area contributed by atoms with Crippen LogP contribution in [0.3, 0.4) is 0 Å². The quantitative estimate of drug-likeness (QED) is 0.321. The van der Waals surface area contributed by atoms with Crippen molar-refractivity contribution in [2.45, 2.75) is 6.92 Å². The monoisotopic (exact) mass is 457 g/mol. The molecule has 0 spiro atoms. The largest absolute Gasteiger partial charge is 1.00 e. The molecule has 122 valence electrons. The first-order valence-corrected chi connectivity index (χ1v) is 7.99. The number of nitrogens with one attached hydrogen (secondary N) is 1. The molecule has 0 aromatic heterocycles. The van der Waals surface area contributed by atoms with Gasteiger partial charge in [-0.25, -0.2) is 8.78 Å². The van der Waals surface area contributed by atoms with Crippen molar-refractivity contribution in [2.75, 3.05) is 5.32 Å². The predicted molar refractivity (Wildman–Crippen MR) is 98.1 cm³/mol. The number of aliphatic hydroxyl groups is 1. The van der Waals surface area contributed by atoms with Gasteiger partial charge in [-0.05, 0) is 31.2 Å². The molecule has 24 heavy (non-hydrogen) atoms. The summed E-state index contributed by atoms with van der Waals surface area (Å²) in [4.78, 5) is 0.0595. The Labute approximate surface area is 201 Å². The van der Waals surface area contributed by atoms with E-state index in [2.05, 4.69) is 21.2 Å². The summed E-state index contributed by atoms with van der Waals surface area (Å²) in [5, 5.41) is 12.8. The van der Waals surface area contributed by atoms with Gasteiger partial charge >= 0.3 is 51.4 Å². The number of benzene rings is 2. The summed E-state index contributed by atoms with van der Waals surface area (Å²) in [5.74, 6) is -1.11. The van der Waals surface area contributed by atoms with Crippen molar-refractivity contribution < 1.29 is 66.7 Å². The molecule has 2 nitrogen and oxygen atoms in total. The number of hydrogen-bond donors (Lipinski definition) is 2. The molecule has 8 heteroatoms. The zero-order valence-electron chi connectivity index (χ0n) is 13.8. The second-order valence-electron chi connectivity index (χ2n) is 4.64. The van der Waals surface area contributed by atoms with Crippen LogP contribution in [0.5, 0.6) is 0 Å². The third-order valence-corrected chi connectivity index (χ3v) is 4.27. The van der Waals surface area contributed by atoms with Crippen LogP contribution in [0.15, 0.2) is 46.6 Å².